The number of rotatable bonds is 7. The van der Waals surface area contributed by atoms with Crippen LogP contribution in [0.1, 0.15) is 48.2 Å². The normalized spacial score (nSPS) is 15.6. The molecule has 1 atom stereocenters. The summed E-state index contributed by atoms with van der Waals surface area (Å²) in [5.74, 6) is -0.375. The van der Waals surface area contributed by atoms with E-state index in [2.05, 4.69) is 9.88 Å². The molecule has 3 heterocycles. The molecule has 8 heteroatoms. The summed E-state index contributed by atoms with van der Waals surface area (Å²) in [5, 5.41) is 11.6. The van der Waals surface area contributed by atoms with Crippen LogP contribution >= 0.6 is 11.6 Å². The Balaban J connectivity index is 1.74. The Morgan fingerprint density at radius 3 is 2.57 bits per heavy atom. The first-order valence-corrected chi connectivity index (χ1v) is 12.2. The molecule has 1 aliphatic rings. The topological polar surface area (TPSA) is 84.7 Å². The average molecular weight is 496 g/mol. The van der Waals surface area contributed by atoms with Crippen LogP contribution in [-0.2, 0) is 16.1 Å². The number of ether oxygens (including phenoxy) is 1. The van der Waals surface area contributed by atoms with E-state index >= 15 is 0 Å². The minimum atomic E-state index is -0.483. The van der Waals surface area contributed by atoms with Crippen molar-refractivity contribution in [1.29, 1.82) is 0 Å². The molecule has 1 saturated heterocycles. The van der Waals surface area contributed by atoms with Gasteiger partial charge < -0.3 is 14.4 Å². The molecule has 0 spiro atoms. The van der Waals surface area contributed by atoms with Crippen LogP contribution in [0.2, 0.25) is 5.02 Å². The first-order chi connectivity index (χ1) is 16.9. The minimum Gasteiger partial charge on any atom is -0.507 e. The Morgan fingerprint density at radius 1 is 1.23 bits per heavy atom. The van der Waals surface area contributed by atoms with E-state index in [1.807, 2.05) is 31.2 Å². The number of halogens is 1. The van der Waals surface area contributed by atoms with Crippen molar-refractivity contribution in [2.75, 3.05) is 19.7 Å². The third-order valence-electron chi connectivity index (χ3n) is 6.56. The van der Waals surface area contributed by atoms with Gasteiger partial charge in [-0.2, -0.15) is 0 Å². The van der Waals surface area contributed by atoms with Gasteiger partial charge in [-0.15, -0.1) is 0 Å². The third-order valence-corrected chi connectivity index (χ3v) is 6.81. The summed E-state index contributed by atoms with van der Waals surface area (Å²) >= 11 is 6.14. The van der Waals surface area contributed by atoms with Crippen LogP contribution in [0, 0.1) is 12.8 Å². The summed E-state index contributed by atoms with van der Waals surface area (Å²) < 4.78 is 6.88. The van der Waals surface area contributed by atoms with Crippen molar-refractivity contribution in [1.82, 2.24) is 14.5 Å². The van der Waals surface area contributed by atoms with Crippen LogP contribution in [0.4, 0.5) is 0 Å². The van der Waals surface area contributed by atoms with Gasteiger partial charge in [0.05, 0.1) is 30.7 Å². The number of benzene rings is 1. The van der Waals surface area contributed by atoms with E-state index < -0.39 is 6.04 Å². The second kappa shape index (κ2) is 11.1. The molecule has 1 aliphatic heterocycles. The van der Waals surface area contributed by atoms with E-state index in [4.69, 9.17) is 16.3 Å². The highest BCUT2D eigenvalue weighted by Crippen LogP contribution is 2.36. The first kappa shape index (κ1) is 24.9. The number of esters is 1. The van der Waals surface area contributed by atoms with E-state index in [0.29, 0.717) is 55.4 Å². The molecular formula is C27H30ClN3O4. The maximum atomic E-state index is 13.9. The maximum absolute atomic E-state index is 13.9. The van der Waals surface area contributed by atoms with Gasteiger partial charge in [0.2, 0.25) is 0 Å². The molecule has 0 radical (unpaired) electrons. The Kier molecular flexibility index (Phi) is 7.88. The van der Waals surface area contributed by atoms with Crippen molar-refractivity contribution in [3.05, 3.63) is 92.6 Å². The molecule has 7 nitrogen and oxygen atoms in total. The molecule has 3 aromatic rings. The van der Waals surface area contributed by atoms with Gasteiger partial charge in [-0.3, -0.25) is 19.5 Å². The monoisotopic (exact) mass is 495 g/mol. The molecular weight excluding hydrogens is 466 g/mol. The van der Waals surface area contributed by atoms with Gasteiger partial charge in [0, 0.05) is 23.1 Å². The molecule has 1 N–H and O–H groups in total. The lowest BCUT2D eigenvalue weighted by Crippen LogP contribution is -2.42. The molecule has 0 bridgehead atoms. The lowest BCUT2D eigenvalue weighted by Gasteiger charge is -2.37. The summed E-state index contributed by atoms with van der Waals surface area (Å²) in [6.45, 7) is 5.51. The molecule has 0 amide bonds. The van der Waals surface area contributed by atoms with Crippen LogP contribution in [0.25, 0.3) is 0 Å². The summed E-state index contributed by atoms with van der Waals surface area (Å²) in [4.78, 5) is 32.4. The van der Waals surface area contributed by atoms with Gasteiger partial charge in [0.15, 0.2) is 0 Å². The standard InChI is InChI=1S/C27H30ClN3O4/c1-3-35-27(34)21-10-13-30(14-11-21)25(20-6-8-22(28)9-7-20)24-23(32)15-18(2)31(26(24)33)17-19-5-4-12-29-16-19/h4-9,12,15-16,21,25,32H,3,10-11,13-14,17H2,1-2H3/t25-/m1/s1. The van der Waals surface area contributed by atoms with Crippen LogP contribution in [-0.4, -0.2) is 45.2 Å². The average Bonchev–Trinajstić information content (AvgIpc) is 2.86. The number of piperidine rings is 1. The quantitative estimate of drug-likeness (QED) is 0.491. The second-order valence-corrected chi connectivity index (χ2v) is 9.29. The Labute approximate surface area is 209 Å². The van der Waals surface area contributed by atoms with Gasteiger partial charge in [-0.1, -0.05) is 29.8 Å². The SMILES string of the molecule is CCOC(=O)C1CCN([C@H](c2ccc(Cl)cc2)c2c(O)cc(C)n(Cc3cccnc3)c2=O)CC1. The van der Waals surface area contributed by atoms with Gasteiger partial charge in [-0.25, -0.2) is 0 Å². The van der Waals surface area contributed by atoms with Crippen molar-refractivity contribution < 1.29 is 14.6 Å². The fourth-order valence-corrected chi connectivity index (χ4v) is 4.88. The van der Waals surface area contributed by atoms with Crippen molar-refractivity contribution in [2.24, 2.45) is 5.92 Å². The molecule has 0 unspecified atom stereocenters. The fourth-order valence-electron chi connectivity index (χ4n) is 4.76. The zero-order valence-corrected chi connectivity index (χ0v) is 20.7. The number of nitrogens with zero attached hydrogens (tertiary/aromatic N) is 3. The van der Waals surface area contributed by atoms with E-state index in [-0.39, 0.29) is 23.2 Å². The molecule has 35 heavy (non-hydrogen) atoms. The second-order valence-electron chi connectivity index (χ2n) is 8.85. The number of hydrogen-bond acceptors (Lipinski definition) is 6. The Morgan fingerprint density at radius 2 is 1.94 bits per heavy atom. The summed E-state index contributed by atoms with van der Waals surface area (Å²) in [7, 11) is 0. The van der Waals surface area contributed by atoms with Gasteiger partial charge in [0.25, 0.3) is 5.56 Å². The van der Waals surface area contributed by atoms with Crippen molar-refractivity contribution in [3.63, 3.8) is 0 Å². The summed E-state index contributed by atoms with van der Waals surface area (Å²) in [6, 6.07) is 12.3. The van der Waals surface area contributed by atoms with E-state index in [1.54, 1.807) is 42.1 Å². The highest BCUT2D eigenvalue weighted by Gasteiger charge is 2.34. The van der Waals surface area contributed by atoms with Gasteiger partial charge >= 0.3 is 5.97 Å². The van der Waals surface area contributed by atoms with Crippen LogP contribution in [0.3, 0.4) is 0 Å². The molecule has 0 saturated carbocycles. The highest BCUT2D eigenvalue weighted by atomic mass is 35.5. The number of likely N-dealkylation sites (tertiary alicyclic amines) is 1. The van der Waals surface area contributed by atoms with Gasteiger partial charge in [-0.05, 0) is 75.2 Å². The molecule has 4 rings (SSSR count). The Hall–Kier alpha value is -3.16. The van der Waals surface area contributed by atoms with E-state index in [9.17, 15) is 14.7 Å². The first-order valence-electron chi connectivity index (χ1n) is 11.9. The predicted octanol–water partition coefficient (Wildman–Crippen LogP) is 4.32. The molecule has 2 aromatic heterocycles. The number of aromatic nitrogens is 2. The van der Waals surface area contributed by atoms with Crippen LogP contribution in [0.5, 0.6) is 5.75 Å². The van der Waals surface area contributed by atoms with Crippen LogP contribution < -0.4 is 5.56 Å². The fraction of sp³-hybridized carbons (Fsp3) is 0.370. The largest absolute Gasteiger partial charge is 0.507 e. The zero-order valence-electron chi connectivity index (χ0n) is 20.0. The lowest BCUT2D eigenvalue weighted by atomic mass is 9.91. The number of carbonyl (C=O) groups excluding carboxylic acids is 1. The highest BCUT2D eigenvalue weighted by molar-refractivity contribution is 6.30. The third kappa shape index (κ3) is 5.57. The minimum absolute atomic E-state index is 0.0394. The van der Waals surface area contributed by atoms with Crippen molar-refractivity contribution in [2.45, 2.75) is 39.3 Å². The number of pyridine rings is 2. The summed E-state index contributed by atoms with van der Waals surface area (Å²) in [5.41, 5.74) is 2.48. The maximum Gasteiger partial charge on any atom is 0.309 e. The molecule has 1 fully saturated rings. The van der Waals surface area contributed by atoms with Crippen molar-refractivity contribution in [3.8, 4) is 5.75 Å². The smallest absolute Gasteiger partial charge is 0.309 e. The molecule has 1 aromatic carbocycles. The molecule has 184 valence electrons. The van der Waals surface area contributed by atoms with Crippen molar-refractivity contribution >= 4 is 17.6 Å². The van der Waals surface area contributed by atoms with E-state index in [1.165, 1.54) is 0 Å². The number of carbonyl (C=O) groups is 1. The summed E-state index contributed by atoms with van der Waals surface area (Å²) in [6.07, 6.45) is 4.67. The van der Waals surface area contributed by atoms with Gasteiger partial charge in [0.1, 0.15) is 5.75 Å². The van der Waals surface area contributed by atoms with Crippen LogP contribution in [0.15, 0.2) is 59.7 Å². The number of aromatic hydroxyl groups is 1. The lowest BCUT2D eigenvalue weighted by molar-refractivity contribution is -0.149. The molecule has 0 aliphatic carbocycles. The zero-order chi connectivity index (χ0) is 24.9. The Bertz CT molecular complexity index is 1220. The number of hydrogen-bond donors (Lipinski definition) is 1. The number of aryl methyl sites for hydroxylation is 1. The van der Waals surface area contributed by atoms with E-state index in [0.717, 1.165) is 11.1 Å². The predicted molar refractivity (Wildman–Crippen MR) is 135 cm³/mol.